The van der Waals surface area contributed by atoms with Crippen LogP contribution in [0.5, 0.6) is 0 Å². The van der Waals surface area contributed by atoms with E-state index >= 15 is 0 Å². The number of ether oxygens (including phenoxy) is 1. The Kier molecular flexibility index (Phi) is 1.51. The second-order valence-electron chi connectivity index (χ2n) is 2.97. The maximum absolute atomic E-state index is 5.36. The first-order valence-corrected chi connectivity index (χ1v) is 3.94. The van der Waals surface area contributed by atoms with Crippen molar-refractivity contribution in [2.24, 2.45) is 0 Å². The van der Waals surface area contributed by atoms with Crippen LogP contribution in [-0.4, -0.2) is 30.3 Å². The molecule has 2 aliphatic rings. The van der Waals surface area contributed by atoms with Gasteiger partial charge in [0.05, 0.1) is 0 Å². The molecule has 2 unspecified atom stereocenters. The summed E-state index contributed by atoms with van der Waals surface area (Å²) in [7, 11) is 0. The van der Waals surface area contributed by atoms with Crippen LogP contribution < -0.4 is 0 Å². The molecule has 2 fully saturated rings. The van der Waals surface area contributed by atoms with E-state index in [1.165, 1.54) is 25.9 Å². The number of nitrogens with zero attached hydrogens (tertiary/aromatic N) is 1. The van der Waals surface area contributed by atoms with Gasteiger partial charge in [-0.05, 0) is 12.8 Å². The Balaban J connectivity index is 1.84. The third-order valence-corrected chi connectivity index (χ3v) is 2.23. The van der Waals surface area contributed by atoms with Crippen molar-refractivity contribution in [3.63, 3.8) is 0 Å². The van der Waals surface area contributed by atoms with Gasteiger partial charge < -0.3 is 4.74 Å². The highest BCUT2D eigenvalue weighted by atomic mass is 16.6. The van der Waals surface area contributed by atoms with E-state index in [1.807, 2.05) is 6.08 Å². The van der Waals surface area contributed by atoms with Crippen LogP contribution in [0.25, 0.3) is 0 Å². The molecule has 2 heterocycles. The highest BCUT2D eigenvalue weighted by molar-refractivity contribution is 4.98. The van der Waals surface area contributed by atoms with Gasteiger partial charge in [0.15, 0.2) is 0 Å². The predicted octanol–water partition coefficient (Wildman–Crippen LogP) is 0.993. The topological polar surface area (TPSA) is 15.8 Å². The maximum atomic E-state index is 5.36. The minimum absolute atomic E-state index is 0.332. The van der Waals surface area contributed by atoms with Crippen LogP contribution in [0, 0.1) is 0 Å². The minimum atomic E-state index is 0.332. The van der Waals surface area contributed by atoms with Gasteiger partial charge in [-0.25, -0.2) is 0 Å². The summed E-state index contributed by atoms with van der Waals surface area (Å²) in [6.07, 6.45) is 5.29. The molecule has 2 aliphatic heterocycles. The summed E-state index contributed by atoms with van der Waals surface area (Å²) in [6.45, 7) is 6.13. The SMILES string of the molecule is C=CC1OC1N1CCCC1. The number of epoxide rings is 1. The van der Waals surface area contributed by atoms with Gasteiger partial charge in [-0.2, -0.15) is 0 Å². The lowest BCUT2D eigenvalue weighted by Gasteiger charge is -2.09. The van der Waals surface area contributed by atoms with Gasteiger partial charge in [0.1, 0.15) is 12.3 Å². The molecular weight excluding hydrogens is 126 g/mol. The average molecular weight is 139 g/mol. The van der Waals surface area contributed by atoms with Crippen molar-refractivity contribution in [2.45, 2.75) is 25.2 Å². The van der Waals surface area contributed by atoms with E-state index in [0.29, 0.717) is 12.3 Å². The van der Waals surface area contributed by atoms with Crippen molar-refractivity contribution < 1.29 is 4.74 Å². The third-order valence-electron chi connectivity index (χ3n) is 2.23. The lowest BCUT2D eigenvalue weighted by molar-refractivity contribution is 0.211. The average Bonchev–Trinajstić information content (AvgIpc) is 2.56. The smallest absolute Gasteiger partial charge is 0.141 e. The van der Waals surface area contributed by atoms with E-state index in [0.717, 1.165) is 0 Å². The molecule has 2 rings (SSSR count). The molecule has 0 spiro atoms. The zero-order chi connectivity index (χ0) is 6.97. The number of likely N-dealkylation sites (tertiary alicyclic amines) is 1. The fraction of sp³-hybridized carbons (Fsp3) is 0.750. The molecular formula is C8H13NO. The van der Waals surface area contributed by atoms with E-state index in [1.54, 1.807) is 0 Å². The highest BCUT2D eigenvalue weighted by Crippen LogP contribution is 2.29. The highest BCUT2D eigenvalue weighted by Gasteiger charge is 2.41. The Morgan fingerprint density at radius 3 is 2.60 bits per heavy atom. The van der Waals surface area contributed by atoms with Crippen molar-refractivity contribution in [3.8, 4) is 0 Å². The normalized spacial score (nSPS) is 40.0. The summed E-state index contributed by atoms with van der Waals surface area (Å²) in [6, 6.07) is 0. The Morgan fingerprint density at radius 2 is 2.10 bits per heavy atom. The van der Waals surface area contributed by atoms with Gasteiger partial charge in [0.2, 0.25) is 0 Å². The largest absolute Gasteiger partial charge is 0.349 e. The van der Waals surface area contributed by atoms with Gasteiger partial charge in [-0.3, -0.25) is 4.90 Å². The first kappa shape index (κ1) is 6.38. The van der Waals surface area contributed by atoms with Gasteiger partial charge >= 0.3 is 0 Å². The van der Waals surface area contributed by atoms with Crippen molar-refractivity contribution >= 4 is 0 Å². The number of hydrogen-bond donors (Lipinski definition) is 0. The van der Waals surface area contributed by atoms with E-state index in [-0.39, 0.29) is 0 Å². The van der Waals surface area contributed by atoms with E-state index in [9.17, 15) is 0 Å². The lowest BCUT2D eigenvalue weighted by atomic mass is 10.4. The van der Waals surface area contributed by atoms with E-state index in [4.69, 9.17) is 4.74 Å². The fourth-order valence-corrected chi connectivity index (χ4v) is 1.58. The van der Waals surface area contributed by atoms with Gasteiger partial charge in [-0.1, -0.05) is 6.08 Å². The molecule has 56 valence electrons. The summed E-state index contributed by atoms with van der Waals surface area (Å²) >= 11 is 0. The molecule has 0 amide bonds. The van der Waals surface area contributed by atoms with Crippen LogP contribution in [0.4, 0.5) is 0 Å². The molecule has 2 saturated heterocycles. The Hall–Kier alpha value is -0.340. The minimum Gasteiger partial charge on any atom is -0.349 e. The second kappa shape index (κ2) is 2.36. The van der Waals surface area contributed by atoms with Crippen LogP contribution in [0.2, 0.25) is 0 Å². The fourth-order valence-electron chi connectivity index (χ4n) is 1.58. The molecule has 0 aromatic heterocycles. The molecule has 2 heteroatoms. The Morgan fingerprint density at radius 1 is 1.40 bits per heavy atom. The molecule has 10 heavy (non-hydrogen) atoms. The quantitative estimate of drug-likeness (QED) is 0.419. The Bertz CT molecular complexity index is 140. The van der Waals surface area contributed by atoms with Crippen LogP contribution in [0.1, 0.15) is 12.8 Å². The maximum Gasteiger partial charge on any atom is 0.141 e. The first-order valence-electron chi connectivity index (χ1n) is 3.94. The summed E-state index contributed by atoms with van der Waals surface area (Å²) in [5.74, 6) is 0. The predicted molar refractivity (Wildman–Crippen MR) is 39.7 cm³/mol. The van der Waals surface area contributed by atoms with Gasteiger partial charge in [-0.15, -0.1) is 6.58 Å². The molecule has 0 N–H and O–H groups in total. The Labute approximate surface area is 61.5 Å². The summed E-state index contributed by atoms with van der Waals surface area (Å²) in [5.41, 5.74) is 0. The zero-order valence-corrected chi connectivity index (χ0v) is 6.12. The summed E-state index contributed by atoms with van der Waals surface area (Å²) in [4.78, 5) is 2.40. The van der Waals surface area contributed by atoms with Crippen LogP contribution in [0.3, 0.4) is 0 Å². The number of hydrogen-bond acceptors (Lipinski definition) is 2. The van der Waals surface area contributed by atoms with Crippen molar-refractivity contribution in [3.05, 3.63) is 12.7 Å². The standard InChI is InChI=1S/C8H13NO/c1-2-7-8(10-7)9-5-3-4-6-9/h2,7-8H,1,3-6H2. The van der Waals surface area contributed by atoms with Crippen LogP contribution in [0.15, 0.2) is 12.7 Å². The van der Waals surface area contributed by atoms with E-state index < -0.39 is 0 Å². The number of rotatable bonds is 2. The summed E-state index contributed by atoms with van der Waals surface area (Å²) in [5, 5.41) is 0. The molecule has 2 atom stereocenters. The van der Waals surface area contributed by atoms with Gasteiger partial charge in [0, 0.05) is 13.1 Å². The van der Waals surface area contributed by atoms with Crippen molar-refractivity contribution in [2.75, 3.05) is 13.1 Å². The third kappa shape index (κ3) is 0.976. The lowest BCUT2D eigenvalue weighted by Crippen LogP contribution is -2.23. The molecule has 0 aromatic rings. The van der Waals surface area contributed by atoms with Gasteiger partial charge in [0.25, 0.3) is 0 Å². The monoisotopic (exact) mass is 139 g/mol. The second-order valence-corrected chi connectivity index (χ2v) is 2.97. The molecule has 0 radical (unpaired) electrons. The first-order chi connectivity index (χ1) is 4.92. The summed E-state index contributed by atoms with van der Waals surface area (Å²) < 4.78 is 5.36. The van der Waals surface area contributed by atoms with E-state index in [2.05, 4.69) is 11.5 Å². The van der Waals surface area contributed by atoms with Crippen LogP contribution >= 0.6 is 0 Å². The van der Waals surface area contributed by atoms with Crippen molar-refractivity contribution in [1.82, 2.24) is 4.90 Å². The van der Waals surface area contributed by atoms with Crippen molar-refractivity contribution in [1.29, 1.82) is 0 Å². The molecule has 0 bridgehead atoms. The van der Waals surface area contributed by atoms with Crippen LogP contribution in [-0.2, 0) is 4.74 Å². The molecule has 0 saturated carbocycles. The zero-order valence-electron chi connectivity index (χ0n) is 6.12. The molecule has 2 nitrogen and oxygen atoms in total. The molecule has 0 aliphatic carbocycles. The molecule has 0 aromatic carbocycles.